The minimum absolute atomic E-state index is 0.000740. The number of amides is 1. The van der Waals surface area contributed by atoms with Gasteiger partial charge in [0.05, 0.1) is 24.5 Å². The molecule has 0 aliphatic carbocycles. The average molecular weight is 475 g/mol. The van der Waals surface area contributed by atoms with Crippen molar-refractivity contribution in [3.8, 4) is 22.9 Å². The summed E-state index contributed by atoms with van der Waals surface area (Å²) in [5.74, 6) is 2.17. The second-order valence-corrected chi connectivity index (χ2v) is 8.82. The van der Waals surface area contributed by atoms with Gasteiger partial charge in [-0.25, -0.2) is 0 Å². The highest BCUT2D eigenvalue weighted by atomic mass is 35.5. The first kappa shape index (κ1) is 23.9. The number of methoxy groups -OCH3 is 1. The molecule has 1 atom stereocenters. The number of likely N-dealkylation sites (N-methyl/N-ethyl adjacent to an activating group) is 1. The molecule has 0 N–H and O–H groups in total. The fraction of sp³-hybridized carbons (Fsp3) is 0.348. The third kappa shape index (κ3) is 5.75. The normalized spacial score (nSPS) is 11.8. The van der Waals surface area contributed by atoms with Gasteiger partial charge in [0.2, 0.25) is 5.91 Å². The largest absolute Gasteiger partial charge is 0.496 e. The van der Waals surface area contributed by atoms with E-state index in [-0.39, 0.29) is 11.2 Å². The first-order valence-corrected chi connectivity index (χ1v) is 11.6. The summed E-state index contributed by atoms with van der Waals surface area (Å²) >= 11 is 7.28. The number of carbonyl (C=O) groups excluding carboxylic acids is 1. The Kier molecular flexibility index (Phi) is 8.41. The number of rotatable bonds is 10. The third-order valence-corrected chi connectivity index (χ3v) is 6.22. The molecule has 3 aromatic rings. The molecular weight excluding hydrogens is 448 g/mol. The molecule has 1 unspecified atom stereocenters. The summed E-state index contributed by atoms with van der Waals surface area (Å²) in [6.07, 6.45) is 0. The molecule has 0 radical (unpaired) electrons. The summed E-state index contributed by atoms with van der Waals surface area (Å²) < 4.78 is 13.2. The maximum atomic E-state index is 12.9. The van der Waals surface area contributed by atoms with E-state index in [1.807, 2.05) is 42.7 Å². The Bertz CT molecular complexity index is 1040. The van der Waals surface area contributed by atoms with Crippen molar-refractivity contribution in [1.82, 2.24) is 19.7 Å². The van der Waals surface area contributed by atoms with Crippen molar-refractivity contribution in [2.45, 2.75) is 30.8 Å². The second-order valence-electron chi connectivity index (χ2n) is 7.07. The quantitative estimate of drug-likeness (QED) is 0.398. The van der Waals surface area contributed by atoms with Crippen molar-refractivity contribution in [1.29, 1.82) is 0 Å². The molecule has 9 heteroatoms. The lowest BCUT2D eigenvalue weighted by Crippen LogP contribution is -2.36. The Balaban J connectivity index is 1.62. The van der Waals surface area contributed by atoms with E-state index in [9.17, 15) is 4.79 Å². The summed E-state index contributed by atoms with van der Waals surface area (Å²) in [4.78, 5) is 14.5. The number of ether oxygens (including phenoxy) is 2. The third-order valence-electron chi connectivity index (χ3n) is 4.90. The Morgan fingerprint density at radius 2 is 1.91 bits per heavy atom. The van der Waals surface area contributed by atoms with Crippen LogP contribution in [0.3, 0.4) is 0 Å². The van der Waals surface area contributed by atoms with Crippen LogP contribution in [0.5, 0.6) is 11.5 Å². The summed E-state index contributed by atoms with van der Waals surface area (Å²) in [7, 11) is 3.41. The molecule has 0 saturated heterocycles. The van der Waals surface area contributed by atoms with Crippen LogP contribution in [-0.2, 0) is 11.3 Å². The number of para-hydroxylation sites is 1. The molecule has 0 saturated carbocycles. The zero-order valence-electron chi connectivity index (χ0n) is 18.6. The Morgan fingerprint density at radius 3 is 2.59 bits per heavy atom. The van der Waals surface area contributed by atoms with Crippen LogP contribution in [0.2, 0.25) is 5.02 Å². The molecule has 0 fully saturated rings. The first-order valence-electron chi connectivity index (χ1n) is 10.3. The predicted molar refractivity (Wildman–Crippen MR) is 128 cm³/mol. The number of aromatic nitrogens is 3. The van der Waals surface area contributed by atoms with E-state index in [2.05, 4.69) is 10.2 Å². The molecule has 7 nitrogen and oxygen atoms in total. The molecular formula is C23H27ClN4O3S. The standard InChI is InChI=1S/C23H27ClN4O3S/c1-5-28-21(19-8-6-7-9-20(19)30-4)25-26-23(28)32-16(2)22(29)27(3)14-15-31-18-12-10-17(24)11-13-18/h6-13,16H,5,14-15H2,1-4H3. The van der Waals surface area contributed by atoms with Crippen molar-refractivity contribution < 1.29 is 14.3 Å². The number of carbonyl (C=O) groups is 1. The highest BCUT2D eigenvalue weighted by Gasteiger charge is 2.23. The van der Waals surface area contributed by atoms with Crippen LogP contribution in [0.15, 0.2) is 53.7 Å². The first-order chi connectivity index (χ1) is 15.4. The van der Waals surface area contributed by atoms with Gasteiger partial charge < -0.3 is 18.9 Å². The maximum Gasteiger partial charge on any atom is 0.235 e. The van der Waals surface area contributed by atoms with Crippen LogP contribution in [0.1, 0.15) is 13.8 Å². The summed E-state index contributed by atoms with van der Waals surface area (Å²) in [6, 6.07) is 14.8. The van der Waals surface area contributed by atoms with Crippen LogP contribution >= 0.6 is 23.4 Å². The van der Waals surface area contributed by atoms with Crippen LogP contribution in [-0.4, -0.2) is 58.1 Å². The topological polar surface area (TPSA) is 69.5 Å². The van der Waals surface area contributed by atoms with E-state index in [1.165, 1.54) is 11.8 Å². The fourth-order valence-corrected chi connectivity index (χ4v) is 4.30. The van der Waals surface area contributed by atoms with Crippen LogP contribution in [0.25, 0.3) is 11.4 Å². The molecule has 1 aromatic heterocycles. The van der Waals surface area contributed by atoms with Crippen LogP contribution in [0.4, 0.5) is 0 Å². The van der Waals surface area contributed by atoms with E-state index < -0.39 is 0 Å². The molecule has 3 rings (SSSR count). The lowest BCUT2D eigenvalue weighted by atomic mass is 10.2. The Hall–Kier alpha value is -2.71. The van der Waals surface area contributed by atoms with Gasteiger partial charge in [-0.1, -0.05) is 35.5 Å². The fourth-order valence-electron chi connectivity index (χ4n) is 3.15. The van der Waals surface area contributed by atoms with Crippen molar-refractivity contribution in [3.05, 3.63) is 53.6 Å². The van der Waals surface area contributed by atoms with Gasteiger partial charge in [-0.2, -0.15) is 0 Å². The highest BCUT2D eigenvalue weighted by Crippen LogP contribution is 2.32. The maximum absolute atomic E-state index is 12.9. The number of hydrogen-bond donors (Lipinski definition) is 0. The average Bonchev–Trinajstić information content (AvgIpc) is 3.21. The van der Waals surface area contributed by atoms with Gasteiger partial charge in [0.1, 0.15) is 18.1 Å². The molecule has 0 aliphatic heterocycles. The van der Waals surface area contributed by atoms with Crippen molar-refractivity contribution in [3.63, 3.8) is 0 Å². The van der Waals surface area contributed by atoms with Gasteiger partial charge in [0, 0.05) is 18.6 Å². The molecule has 32 heavy (non-hydrogen) atoms. The number of nitrogens with zero attached hydrogens (tertiary/aromatic N) is 4. The van der Waals surface area contributed by atoms with Gasteiger partial charge in [0.15, 0.2) is 11.0 Å². The van der Waals surface area contributed by atoms with Gasteiger partial charge in [-0.15, -0.1) is 10.2 Å². The van der Waals surface area contributed by atoms with Crippen LogP contribution < -0.4 is 9.47 Å². The van der Waals surface area contributed by atoms with E-state index in [4.69, 9.17) is 21.1 Å². The zero-order chi connectivity index (χ0) is 23.1. The molecule has 1 heterocycles. The van der Waals surface area contributed by atoms with Crippen molar-refractivity contribution in [2.75, 3.05) is 27.3 Å². The van der Waals surface area contributed by atoms with E-state index >= 15 is 0 Å². The minimum atomic E-state index is -0.324. The number of benzene rings is 2. The van der Waals surface area contributed by atoms with Gasteiger partial charge in [-0.3, -0.25) is 4.79 Å². The minimum Gasteiger partial charge on any atom is -0.496 e. The van der Waals surface area contributed by atoms with E-state index in [0.29, 0.717) is 29.9 Å². The zero-order valence-corrected chi connectivity index (χ0v) is 20.2. The Morgan fingerprint density at radius 1 is 1.19 bits per heavy atom. The molecule has 1 amide bonds. The molecule has 170 valence electrons. The van der Waals surface area contributed by atoms with Gasteiger partial charge in [0.25, 0.3) is 0 Å². The lowest BCUT2D eigenvalue weighted by Gasteiger charge is -2.21. The SMILES string of the molecule is CCn1c(SC(C)C(=O)N(C)CCOc2ccc(Cl)cc2)nnc1-c1ccccc1OC. The molecule has 0 bridgehead atoms. The van der Waals surface area contributed by atoms with E-state index in [0.717, 1.165) is 22.9 Å². The monoisotopic (exact) mass is 474 g/mol. The van der Waals surface area contributed by atoms with Gasteiger partial charge >= 0.3 is 0 Å². The highest BCUT2D eigenvalue weighted by molar-refractivity contribution is 8.00. The summed E-state index contributed by atoms with van der Waals surface area (Å²) in [5.41, 5.74) is 0.867. The van der Waals surface area contributed by atoms with Gasteiger partial charge in [-0.05, 0) is 50.2 Å². The number of hydrogen-bond acceptors (Lipinski definition) is 6. The number of halogens is 1. The van der Waals surface area contributed by atoms with Crippen LogP contribution in [0, 0.1) is 0 Å². The lowest BCUT2D eigenvalue weighted by molar-refractivity contribution is -0.129. The second kappa shape index (κ2) is 11.2. The van der Waals surface area contributed by atoms with E-state index in [1.54, 1.807) is 43.3 Å². The number of thioether (sulfide) groups is 1. The summed E-state index contributed by atoms with van der Waals surface area (Å²) in [6.45, 7) is 5.44. The smallest absolute Gasteiger partial charge is 0.235 e. The van der Waals surface area contributed by atoms with Crippen molar-refractivity contribution >= 4 is 29.3 Å². The Labute approximate surface area is 197 Å². The molecule has 0 spiro atoms. The summed E-state index contributed by atoms with van der Waals surface area (Å²) in [5, 5.41) is 9.74. The molecule has 2 aromatic carbocycles. The molecule has 0 aliphatic rings. The van der Waals surface area contributed by atoms with Crippen molar-refractivity contribution in [2.24, 2.45) is 0 Å². The predicted octanol–water partition coefficient (Wildman–Crippen LogP) is 4.65.